The molecule has 3 rings (SSSR count). The number of benzene rings is 2. The van der Waals surface area contributed by atoms with Gasteiger partial charge in [-0.25, -0.2) is 5.10 Å². The van der Waals surface area contributed by atoms with Crippen LogP contribution in [0.15, 0.2) is 57.8 Å². The number of aromatic amines is 1. The fourth-order valence-electron chi connectivity index (χ4n) is 2.50. The highest BCUT2D eigenvalue weighted by Crippen LogP contribution is 2.21. The molecule has 8 heteroatoms. The summed E-state index contributed by atoms with van der Waals surface area (Å²) in [5.74, 6) is -0.804. The molecule has 132 valence electrons. The number of nitrogens with one attached hydrogen (secondary N) is 2. The number of hydrogen-bond donors (Lipinski definition) is 2. The Balaban J connectivity index is 1.78. The molecular formula is C18H15BrN4O3. The number of hydrogen-bond acceptors (Lipinski definition) is 4. The van der Waals surface area contributed by atoms with Crippen molar-refractivity contribution in [2.45, 2.75) is 0 Å². The molecule has 2 aromatic carbocycles. The summed E-state index contributed by atoms with van der Waals surface area (Å²) in [6.07, 6.45) is 0. The predicted octanol–water partition coefficient (Wildman–Crippen LogP) is 2.40. The van der Waals surface area contributed by atoms with E-state index in [9.17, 15) is 14.4 Å². The smallest absolute Gasteiger partial charge is 0.275 e. The van der Waals surface area contributed by atoms with Crippen molar-refractivity contribution in [2.75, 3.05) is 18.9 Å². The van der Waals surface area contributed by atoms with E-state index in [1.165, 1.54) is 11.9 Å². The van der Waals surface area contributed by atoms with Gasteiger partial charge in [-0.15, -0.1) is 0 Å². The first-order valence-electron chi connectivity index (χ1n) is 7.74. The van der Waals surface area contributed by atoms with Crippen molar-refractivity contribution < 1.29 is 9.59 Å². The second kappa shape index (κ2) is 7.49. The first-order valence-corrected chi connectivity index (χ1v) is 8.54. The molecule has 0 atom stereocenters. The number of likely N-dealkylation sites (N-methyl/N-ethyl adjacent to an activating group) is 1. The molecule has 0 aliphatic heterocycles. The minimum atomic E-state index is -0.459. The van der Waals surface area contributed by atoms with Crippen LogP contribution in [0.4, 0.5) is 5.69 Å². The fraction of sp³-hybridized carbons (Fsp3) is 0.111. The van der Waals surface area contributed by atoms with E-state index in [2.05, 4.69) is 31.4 Å². The first kappa shape index (κ1) is 17.8. The molecule has 1 aromatic heterocycles. The van der Waals surface area contributed by atoms with E-state index in [1.807, 2.05) is 6.07 Å². The molecule has 0 aliphatic rings. The second-order valence-corrected chi connectivity index (χ2v) is 6.49. The second-order valence-electron chi connectivity index (χ2n) is 5.64. The van der Waals surface area contributed by atoms with E-state index in [-0.39, 0.29) is 23.7 Å². The van der Waals surface area contributed by atoms with Crippen LogP contribution in [0, 0.1) is 0 Å². The van der Waals surface area contributed by atoms with E-state index in [0.29, 0.717) is 16.5 Å². The zero-order valence-corrected chi connectivity index (χ0v) is 15.4. The SMILES string of the molecule is CN(CC(=O)Nc1ccccc1Br)C(=O)c1n[nH]c(=O)c2ccccc12. The lowest BCUT2D eigenvalue weighted by Gasteiger charge is -2.17. The molecule has 0 radical (unpaired) electrons. The lowest BCUT2D eigenvalue weighted by Crippen LogP contribution is -2.36. The third-order valence-corrected chi connectivity index (χ3v) is 4.47. The van der Waals surface area contributed by atoms with Crippen LogP contribution < -0.4 is 10.9 Å². The minimum absolute atomic E-state index is 0.0939. The highest BCUT2D eigenvalue weighted by Gasteiger charge is 2.20. The highest BCUT2D eigenvalue weighted by molar-refractivity contribution is 9.10. The average Bonchev–Trinajstić information content (AvgIpc) is 2.63. The molecule has 0 unspecified atom stereocenters. The van der Waals surface area contributed by atoms with Gasteiger partial charge in [-0.05, 0) is 34.1 Å². The molecule has 3 aromatic rings. The van der Waals surface area contributed by atoms with Crippen molar-refractivity contribution in [2.24, 2.45) is 0 Å². The normalized spacial score (nSPS) is 10.5. The Morgan fingerprint density at radius 2 is 1.77 bits per heavy atom. The van der Waals surface area contributed by atoms with Gasteiger partial charge < -0.3 is 10.2 Å². The van der Waals surface area contributed by atoms with Gasteiger partial charge in [0.1, 0.15) is 0 Å². The van der Waals surface area contributed by atoms with Crippen LogP contribution in [0.2, 0.25) is 0 Å². The van der Waals surface area contributed by atoms with Gasteiger partial charge in [0, 0.05) is 16.9 Å². The van der Waals surface area contributed by atoms with E-state index < -0.39 is 5.91 Å². The summed E-state index contributed by atoms with van der Waals surface area (Å²) in [6, 6.07) is 13.9. The van der Waals surface area contributed by atoms with Crippen molar-refractivity contribution in [3.63, 3.8) is 0 Å². The standard InChI is InChI=1S/C18H15BrN4O3/c1-23(10-15(24)20-14-9-5-4-8-13(14)19)18(26)16-11-6-2-3-7-12(11)17(25)22-21-16/h2-9H,10H2,1H3,(H,20,24)(H,22,25). The molecule has 0 saturated carbocycles. The van der Waals surface area contributed by atoms with Crippen LogP contribution in [0.5, 0.6) is 0 Å². The largest absolute Gasteiger partial charge is 0.331 e. The predicted molar refractivity (Wildman–Crippen MR) is 102 cm³/mol. The van der Waals surface area contributed by atoms with Crippen molar-refractivity contribution >= 4 is 44.2 Å². The molecule has 0 fully saturated rings. The maximum Gasteiger partial charge on any atom is 0.275 e. The van der Waals surface area contributed by atoms with Gasteiger partial charge in [-0.2, -0.15) is 5.10 Å². The number of H-pyrrole nitrogens is 1. The topological polar surface area (TPSA) is 95.2 Å². The molecule has 7 nitrogen and oxygen atoms in total. The van der Waals surface area contributed by atoms with E-state index >= 15 is 0 Å². The molecule has 0 bridgehead atoms. The van der Waals surface area contributed by atoms with Crippen LogP contribution in [-0.4, -0.2) is 40.5 Å². The van der Waals surface area contributed by atoms with Crippen LogP contribution in [0.25, 0.3) is 10.8 Å². The Bertz CT molecular complexity index is 1050. The van der Waals surface area contributed by atoms with Crippen LogP contribution >= 0.6 is 15.9 Å². The van der Waals surface area contributed by atoms with Crippen LogP contribution in [0.1, 0.15) is 10.5 Å². The van der Waals surface area contributed by atoms with E-state index in [0.717, 1.165) is 4.47 Å². The molecule has 0 spiro atoms. The molecule has 0 saturated heterocycles. The summed E-state index contributed by atoms with van der Waals surface area (Å²) in [5.41, 5.74) is 0.342. The van der Waals surface area contributed by atoms with E-state index in [1.54, 1.807) is 42.5 Å². The molecule has 1 heterocycles. The summed E-state index contributed by atoms with van der Waals surface area (Å²) in [7, 11) is 1.50. The average molecular weight is 415 g/mol. The van der Waals surface area contributed by atoms with Crippen LogP contribution in [0.3, 0.4) is 0 Å². The van der Waals surface area contributed by atoms with Gasteiger partial charge in [0.2, 0.25) is 5.91 Å². The first-order chi connectivity index (χ1) is 12.5. The number of carbonyl (C=O) groups excluding carboxylic acids is 2. The summed E-state index contributed by atoms with van der Waals surface area (Å²) >= 11 is 3.35. The van der Waals surface area contributed by atoms with Gasteiger partial charge in [0.05, 0.1) is 17.6 Å². The summed E-state index contributed by atoms with van der Waals surface area (Å²) in [5, 5.41) is 9.74. The number of fused-ring (bicyclic) bond motifs is 1. The number of halogens is 1. The van der Waals surface area contributed by atoms with Gasteiger partial charge in [0.15, 0.2) is 5.69 Å². The van der Waals surface area contributed by atoms with Crippen LogP contribution in [-0.2, 0) is 4.79 Å². The summed E-state index contributed by atoms with van der Waals surface area (Å²) in [4.78, 5) is 38.0. The molecule has 26 heavy (non-hydrogen) atoms. The number of carbonyl (C=O) groups is 2. The summed E-state index contributed by atoms with van der Waals surface area (Å²) in [6.45, 7) is -0.157. The fourth-order valence-corrected chi connectivity index (χ4v) is 2.88. The Kier molecular flexibility index (Phi) is 5.13. The van der Waals surface area contributed by atoms with Gasteiger partial charge in [0.25, 0.3) is 11.5 Å². The zero-order valence-electron chi connectivity index (χ0n) is 13.8. The molecule has 0 aliphatic carbocycles. The number of amides is 2. The number of nitrogens with zero attached hydrogens (tertiary/aromatic N) is 2. The number of para-hydroxylation sites is 1. The maximum atomic E-state index is 12.7. The van der Waals surface area contributed by atoms with Crippen molar-refractivity contribution in [1.29, 1.82) is 0 Å². The Labute approximate surface area is 157 Å². The monoisotopic (exact) mass is 414 g/mol. The Morgan fingerprint density at radius 1 is 1.12 bits per heavy atom. The maximum absolute atomic E-state index is 12.7. The lowest BCUT2D eigenvalue weighted by atomic mass is 10.1. The third-order valence-electron chi connectivity index (χ3n) is 3.77. The molecular weight excluding hydrogens is 400 g/mol. The van der Waals surface area contributed by atoms with Gasteiger partial charge in [-0.3, -0.25) is 14.4 Å². The molecule has 2 amide bonds. The van der Waals surface area contributed by atoms with Crippen molar-refractivity contribution in [3.05, 3.63) is 69.1 Å². The Hall–Kier alpha value is -3.00. The highest BCUT2D eigenvalue weighted by atomic mass is 79.9. The minimum Gasteiger partial charge on any atom is -0.331 e. The summed E-state index contributed by atoms with van der Waals surface area (Å²) < 4.78 is 0.746. The zero-order chi connectivity index (χ0) is 18.7. The van der Waals surface area contributed by atoms with Crippen molar-refractivity contribution in [1.82, 2.24) is 15.1 Å². The lowest BCUT2D eigenvalue weighted by molar-refractivity contribution is -0.116. The van der Waals surface area contributed by atoms with Gasteiger partial charge in [-0.1, -0.05) is 30.3 Å². The number of rotatable bonds is 4. The number of anilines is 1. The Morgan fingerprint density at radius 3 is 2.50 bits per heavy atom. The molecule has 2 N–H and O–H groups in total. The quantitative estimate of drug-likeness (QED) is 0.684. The van der Waals surface area contributed by atoms with Gasteiger partial charge >= 0.3 is 0 Å². The van der Waals surface area contributed by atoms with Crippen molar-refractivity contribution in [3.8, 4) is 0 Å². The third kappa shape index (κ3) is 3.65. The van der Waals surface area contributed by atoms with E-state index in [4.69, 9.17) is 0 Å². The number of aromatic nitrogens is 2.